The minimum absolute atomic E-state index is 0.0246. The number of likely N-dealkylation sites (tertiary alicyclic amines) is 1. The smallest absolute Gasteiger partial charge is 0.323 e. The van der Waals surface area contributed by atoms with Crippen LogP contribution in [0.4, 0.5) is 4.79 Å². The third kappa shape index (κ3) is 3.22. The molecule has 1 aliphatic rings. The van der Waals surface area contributed by atoms with E-state index in [0.717, 1.165) is 19.5 Å². The second-order valence-corrected chi connectivity index (χ2v) is 4.00. The maximum atomic E-state index is 11.5. The van der Waals surface area contributed by atoms with Crippen LogP contribution >= 0.6 is 0 Å². The number of nitrogens with one attached hydrogen (secondary N) is 1. The molecule has 13 heavy (non-hydrogen) atoms. The number of amides is 2. The summed E-state index contributed by atoms with van der Waals surface area (Å²) < 4.78 is 0. The monoisotopic (exact) mass is 185 g/mol. The lowest BCUT2D eigenvalue weighted by molar-refractivity contribution is 0.148. The van der Waals surface area contributed by atoms with Crippen LogP contribution in [-0.4, -0.2) is 43.1 Å². The minimum Gasteiger partial charge on any atom is -0.323 e. The Kier molecular flexibility index (Phi) is 3.54. The number of hydrogen-bond acceptors (Lipinski definition) is 2. The Morgan fingerprint density at radius 3 is 2.77 bits per heavy atom. The standard InChI is InChI=1S/C9H19N3O/c1-8-5-4-6-12(7-8)9(13)10-11(2)3/h8H,4-7H2,1-3H3,(H,10,13). The van der Waals surface area contributed by atoms with Crippen LogP contribution < -0.4 is 5.43 Å². The maximum absolute atomic E-state index is 11.5. The largest absolute Gasteiger partial charge is 0.331 e. The van der Waals surface area contributed by atoms with Crippen molar-refractivity contribution in [2.75, 3.05) is 27.2 Å². The molecule has 1 rings (SSSR count). The van der Waals surface area contributed by atoms with Crippen molar-refractivity contribution < 1.29 is 4.79 Å². The molecule has 1 N–H and O–H groups in total. The third-order valence-corrected chi connectivity index (χ3v) is 2.26. The molecular formula is C9H19N3O. The van der Waals surface area contributed by atoms with Crippen molar-refractivity contribution in [1.29, 1.82) is 0 Å². The predicted molar refractivity (Wildman–Crippen MR) is 52.2 cm³/mol. The summed E-state index contributed by atoms with van der Waals surface area (Å²) in [7, 11) is 3.65. The van der Waals surface area contributed by atoms with Gasteiger partial charge in [0, 0.05) is 27.2 Å². The summed E-state index contributed by atoms with van der Waals surface area (Å²) >= 11 is 0. The number of carbonyl (C=O) groups is 1. The third-order valence-electron chi connectivity index (χ3n) is 2.26. The summed E-state index contributed by atoms with van der Waals surface area (Å²) in [6.45, 7) is 3.97. The molecule has 1 saturated heterocycles. The van der Waals surface area contributed by atoms with Crippen molar-refractivity contribution >= 4 is 6.03 Å². The van der Waals surface area contributed by atoms with Gasteiger partial charge in [0.2, 0.25) is 0 Å². The van der Waals surface area contributed by atoms with Crippen molar-refractivity contribution in [1.82, 2.24) is 15.3 Å². The van der Waals surface area contributed by atoms with E-state index in [-0.39, 0.29) is 6.03 Å². The highest BCUT2D eigenvalue weighted by Crippen LogP contribution is 2.14. The normalized spacial score (nSPS) is 23.4. The molecule has 0 aromatic rings. The molecule has 0 saturated carbocycles. The van der Waals surface area contributed by atoms with Gasteiger partial charge in [-0.2, -0.15) is 0 Å². The molecule has 0 aromatic carbocycles. The topological polar surface area (TPSA) is 35.6 Å². The van der Waals surface area contributed by atoms with Gasteiger partial charge in [-0.05, 0) is 18.8 Å². The van der Waals surface area contributed by atoms with Gasteiger partial charge in [-0.1, -0.05) is 6.92 Å². The van der Waals surface area contributed by atoms with Crippen LogP contribution in [0.2, 0.25) is 0 Å². The van der Waals surface area contributed by atoms with Gasteiger partial charge in [0.25, 0.3) is 0 Å². The summed E-state index contributed by atoms with van der Waals surface area (Å²) in [6, 6.07) is 0.0246. The van der Waals surface area contributed by atoms with Gasteiger partial charge < -0.3 is 4.90 Å². The number of hydrazine groups is 1. The molecule has 0 aromatic heterocycles. The number of urea groups is 1. The van der Waals surface area contributed by atoms with Gasteiger partial charge in [0.15, 0.2) is 0 Å². The molecule has 0 bridgehead atoms. The Morgan fingerprint density at radius 2 is 2.23 bits per heavy atom. The van der Waals surface area contributed by atoms with Crippen molar-refractivity contribution in [2.24, 2.45) is 5.92 Å². The molecule has 0 aliphatic carbocycles. The molecule has 4 heteroatoms. The van der Waals surface area contributed by atoms with E-state index in [2.05, 4.69) is 12.3 Å². The molecular weight excluding hydrogens is 166 g/mol. The zero-order valence-corrected chi connectivity index (χ0v) is 8.71. The first-order chi connectivity index (χ1) is 6.09. The van der Waals surface area contributed by atoms with Gasteiger partial charge in [-0.15, -0.1) is 0 Å². The second-order valence-electron chi connectivity index (χ2n) is 4.00. The van der Waals surface area contributed by atoms with Crippen LogP contribution in [-0.2, 0) is 0 Å². The Morgan fingerprint density at radius 1 is 1.54 bits per heavy atom. The number of nitrogens with zero attached hydrogens (tertiary/aromatic N) is 2. The maximum Gasteiger partial charge on any atom is 0.331 e. The van der Waals surface area contributed by atoms with E-state index >= 15 is 0 Å². The Balaban J connectivity index is 2.37. The van der Waals surface area contributed by atoms with Gasteiger partial charge in [-0.25, -0.2) is 9.80 Å². The summed E-state index contributed by atoms with van der Waals surface area (Å²) in [6.07, 6.45) is 2.37. The average molecular weight is 185 g/mol. The first-order valence-corrected chi connectivity index (χ1v) is 4.82. The van der Waals surface area contributed by atoms with Crippen molar-refractivity contribution in [2.45, 2.75) is 19.8 Å². The Labute approximate surface area is 79.9 Å². The number of hydrogen-bond donors (Lipinski definition) is 1. The summed E-state index contributed by atoms with van der Waals surface area (Å²) in [5, 5.41) is 1.68. The quantitative estimate of drug-likeness (QED) is 0.616. The summed E-state index contributed by atoms with van der Waals surface area (Å²) in [4.78, 5) is 13.4. The summed E-state index contributed by atoms with van der Waals surface area (Å²) in [5.41, 5.74) is 2.75. The van der Waals surface area contributed by atoms with E-state index in [9.17, 15) is 4.79 Å². The van der Waals surface area contributed by atoms with Gasteiger partial charge in [0.05, 0.1) is 0 Å². The van der Waals surface area contributed by atoms with E-state index in [1.165, 1.54) is 6.42 Å². The van der Waals surface area contributed by atoms with Gasteiger partial charge in [-0.3, -0.25) is 5.43 Å². The molecule has 1 aliphatic heterocycles. The highest BCUT2D eigenvalue weighted by Gasteiger charge is 2.20. The second kappa shape index (κ2) is 4.46. The average Bonchev–Trinajstić information content (AvgIpc) is 2.03. The van der Waals surface area contributed by atoms with Gasteiger partial charge in [0.1, 0.15) is 0 Å². The highest BCUT2D eigenvalue weighted by molar-refractivity contribution is 5.73. The molecule has 0 radical (unpaired) electrons. The number of rotatable bonds is 1. The SMILES string of the molecule is CC1CCCN(C(=O)NN(C)C)C1. The number of piperidine rings is 1. The minimum atomic E-state index is 0.0246. The van der Waals surface area contributed by atoms with Crippen LogP contribution in [0.1, 0.15) is 19.8 Å². The van der Waals surface area contributed by atoms with E-state index in [0.29, 0.717) is 5.92 Å². The molecule has 1 fully saturated rings. The lowest BCUT2D eigenvalue weighted by Gasteiger charge is -2.31. The van der Waals surface area contributed by atoms with Gasteiger partial charge >= 0.3 is 6.03 Å². The Bertz CT molecular complexity index is 182. The lowest BCUT2D eigenvalue weighted by atomic mass is 10.0. The fraction of sp³-hybridized carbons (Fsp3) is 0.889. The van der Waals surface area contributed by atoms with Crippen molar-refractivity contribution in [3.05, 3.63) is 0 Å². The van der Waals surface area contributed by atoms with E-state index in [1.807, 2.05) is 19.0 Å². The van der Waals surface area contributed by atoms with E-state index in [1.54, 1.807) is 5.01 Å². The molecule has 2 amide bonds. The van der Waals surface area contributed by atoms with Crippen LogP contribution in [0, 0.1) is 5.92 Å². The highest BCUT2D eigenvalue weighted by atomic mass is 16.2. The fourth-order valence-electron chi connectivity index (χ4n) is 1.64. The van der Waals surface area contributed by atoms with Crippen molar-refractivity contribution in [3.63, 3.8) is 0 Å². The molecule has 76 valence electrons. The van der Waals surface area contributed by atoms with Crippen LogP contribution in [0.15, 0.2) is 0 Å². The zero-order valence-electron chi connectivity index (χ0n) is 8.71. The van der Waals surface area contributed by atoms with E-state index in [4.69, 9.17) is 0 Å². The molecule has 4 nitrogen and oxygen atoms in total. The van der Waals surface area contributed by atoms with Crippen LogP contribution in [0.3, 0.4) is 0 Å². The lowest BCUT2D eigenvalue weighted by Crippen LogP contribution is -2.49. The van der Waals surface area contributed by atoms with Crippen molar-refractivity contribution in [3.8, 4) is 0 Å². The Hall–Kier alpha value is -0.770. The fourth-order valence-corrected chi connectivity index (χ4v) is 1.64. The van der Waals surface area contributed by atoms with E-state index < -0.39 is 0 Å². The predicted octanol–water partition coefficient (Wildman–Crippen LogP) is 0.904. The zero-order chi connectivity index (χ0) is 9.84. The first kappa shape index (κ1) is 10.3. The first-order valence-electron chi connectivity index (χ1n) is 4.82. The molecule has 1 atom stereocenters. The summed E-state index contributed by atoms with van der Waals surface area (Å²) in [5.74, 6) is 0.640. The molecule has 1 unspecified atom stereocenters. The number of carbonyl (C=O) groups excluding carboxylic acids is 1. The van der Waals surface area contributed by atoms with Crippen LogP contribution in [0.5, 0.6) is 0 Å². The molecule has 0 spiro atoms. The van der Waals surface area contributed by atoms with Crippen LogP contribution in [0.25, 0.3) is 0 Å². The molecule has 1 heterocycles.